The summed E-state index contributed by atoms with van der Waals surface area (Å²) in [5.74, 6) is 1.38. The molecule has 0 saturated carbocycles. The van der Waals surface area contributed by atoms with Crippen LogP contribution in [0.25, 0.3) is 0 Å². The number of carbonyl (C=O) groups is 1. The molecule has 3 nitrogen and oxygen atoms in total. The van der Waals surface area contributed by atoms with Crippen LogP contribution in [0.3, 0.4) is 0 Å². The molecule has 0 aliphatic carbocycles. The van der Waals surface area contributed by atoms with Crippen LogP contribution in [-0.4, -0.2) is 48.9 Å². The number of hydrogen-bond donors (Lipinski definition) is 1. The van der Waals surface area contributed by atoms with E-state index in [0.29, 0.717) is 4.90 Å². The molecule has 1 fully saturated rings. The van der Waals surface area contributed by atoms with E-state index in [0.717, 1.165) is 7.05 Å². The van der Waals surface area contributed by atoms with Gasteiger partial charge >= 0.3 is 6.18 Å². The van der Waals surface area contributed by atoms with Gasteiger partial charge in [-0.25, -0.2) is 0 Å². The number of alkyl halides is 3. The van der Waals surface area contributed by atoms with Crippen LogP contribution < -0.4 is 0 Å². The Labute approximate surface area is 105 Å². The predicted molar refractivity (Wildman–Crippen MR) is 63.3 cm³/mol. The largest absolute Gasteiger partial charge is 0.408 e. The van der Waals surface area contributed by atoms with E-state index in [-0.39, 0.29) is 0 Å². The smallest absolute Gasteiger partial charge is 0.369 e. The normalized spacial score (nSPS) is 29.2. The third-order valence-electron chi connectivity index (χ3n) is 2.65. The monoisotopic (exact) mass is 279 g/mol. The van der Waals surface area contributed by atoms with Crippen molar-refractivity contribution in [1.82, 2.24) is 4.90 Å². The summed E-state index contributed by atoms with van der Waals surface area (Å²) in [5.41, 5.74) is 0.552. The first kappa shape index (κ1) is 15.1. The Hall–Kier alpha value is -1.00. The quantitative estimate of drug-likeness (QED) is 0.538. The molecule has 2 unspecified atom stereocenters. The first-order valence-corrected chi connectivity index (χ1v) is 8.97. The van der Waals surface area contributed by atoms with Crippen molar-refractivity contribution < 1.29 is 23.1 Å². The fourth-order valence-corrected chi connectivity index (χ4v) is 2.25. The van der Waals surface area contributed by atoms with Gasteiger partial charge in [-0.15, -0.1) is 5.54 Å². The SMILES string of the molecule is CN1C(=O)C(O)(C#C[Si](C)(C)C)CC1C(F)(F)F. The van der Waals surface area contributed by atoms with Crippen molar-refractivity contribution in [2.45, 2.75) is 43.9 Å². The fourth-order valence-electron chi connectivity index (χ4n) is 1.67. The van der Waals surface area contributed by atoms with Crippen molar-refractivity contribution in [2.75, 3.05) is 7.05 Å². The maximum Gasteiger partial charge on any atom is 0.408 e. The van der Waals surface area contributed by atoms with E-state index in [1.54, 1.807) is 0 Å². The van der Waals surface area contributed by atoms with Crippen molar-refractivity contribution in [2.24, 2.45) is 0 Å². The maximum atomic E-state index is 12.7. The van der Waals surface area contributed by atoms with E-state index in [9.17, 15) is 23.1 Å². The summed E-state index contributed by atoms with van der Waals surface area (Å²) in [5, 5.41) is 9.98. The van der Waals surface area contributed by atoms with Crippen LogP contribution in [0.5, 0.6) is 0 Å². The van der Waals surface area contributed by atoms with Gasteiger partial charge in [0.25, 0.3) is 5.91 Å². The number of hydrogen-bond acceptors (Lipinski definition) is 2. The number of halogens is 3. The van der Waals surface area contributed by atoms with Gasteiger partial charge < -0.3 is 10.0 Å². The molecule has 0 radical (unpaired) electrons. The van der Waals surface area contributed by atoms with Crippen molar-refractivity contribution >= 4 is 14.0 Å². The second-order valence-electron chi connectivity index (χ2n) is 5.54. The molecule has 7 heteroatoms. The number of aliphatic hydroxyl groups is 1. The molecule has 1 amide bonds. The minimum atomic E-state index is -4.55. The van der Waals surface area contributed by atoms with Crippen LogP contribution in [0.15, 0.2) is 0 Å². The van der Waals surface area contributed by atoms with E-state index < -0.39 is 38.2 Å². The Kier molecular flexibility index (Phi) is 3.58. The van der Waals surface area contributed by atoms with E-state index in [4.69, 9.17) is 0 Å². The summed E-state index contributed by atoms with van der Waals surface area (Å²) in [7, 11) is -0.828. The number of likely N-dealkylation sites (N-methyl/N-ethyl adjacent to an activating group) is 1. The van der Waals surface area contributed by atoms with Crippen LogP contribution in [0.2, 0.25) is 19.6 Å². The fraction of sp³-hybridized carbons (Fsp3) is 0.727. The Morgan fingerprint density at radius 1 is 1.44 bits per heavy atom. The lowest BCUT2D eigenvalue weighted by Crippen LogP contribution is -2.41. The van der Waals surface area contributed by atoms with Gasteiger partial charge in [0.2, 0.25) is 5.60 Å². The first-order valence-electron chi connectivity index (χ1n) is 5.47. The zero-order chi connectivity index (χ0) is 14.4. The van der Waals surface area contributed by atoms with Crippen LogP contribution in [-0.2, 0) is 4.79 Å². The van der Waals surface area contributed by atoms with Gasteiger partial charge in [0.1, 0.15) is 14.1 Å². The number of amides is 1. The highest BCUT2D eigenvalue weighted by molar-refractivity contribution is 6.83. The molecule has 0 aromatic carbocycles. The first-order chi connectivity index (χ1) is 7.87. The Morgan fingerprint density at radius 3 is 2.28 bits per heavy atom. The van der Waals surface area contributed by atoms with Crippen molar-refractivity contribution in [3.05, 3.63) is 0 Å². The van der Waals surface area contributed by atoms with E-state index in [1.807, 2.05) is 19.6 Å². The molecule has 0 aromatic rings. The molecular formula is C11H16F3NO2Si. The molecule has 2 atom stereocenters. The molecule has 1 aliphatic rings. The molecule has 1 heterocycles. The maximum absolute atomic E-state index is 12.7. The summed E-state index contributed by atoms with van der Waals surface area (Å²) in [6, 6.07) is -1.97. The van der Waals surface area contributed by atoms with Crippen LogP contribution in [0.1, 0.15) is 6.42 Å². The lowest BCUT2D eigenvalue weighted by atomic mass is 10.0. The van der Waals surface area contributed by atoms with Gasteiger partial charge in [-0.1, -0.05) is 25.6 Å². The van der Waals surface area contributed by atoms with Gasteiger partial charge in [0.15, 0.2) is 0 Å². The summed E-state index contributed by atoms with van der Waals surface area (Å²) in [4.78, 5) is 12.2. The zero-order valence-corrected chi connectivity index (χ0v) is 11.7. The lowest BCUT2D eigenvalue weighted by Gasteiger charge is -2.21. The Morgan fingerprint density at radius 2 is 1.94 bits per heavy atom. The number of likely N-dealkylation sites (tertiary alicyclic amines) is 1. The highest BCUT2D eigenvalue weighted by atomic mass is 28.3. The molecule has 102 valence electrons. The van der Waals surface area contributed by atoms with Crippen molar-refractivity contribution in [3.63, 3.8) is 0 Å². The van der Waals surface area contributed by atoms with Gasteiger partial charge in [-0.05, 0) is 0 Å². The molecule has 18 heavy (non-hydrogen) atoms. The molecule has 1 aliphatic heterocycles. The summed E-state index contributed by atoms with van der Waals surface area (Å²) in [6.45, 7) is 5.65. The summed E-state index contributed by atoms with van der Waals surface area (Å²) >= 11 is 0. The molecule has 1 N–H and O–H groups in total. The third kappa shape index (κ3) is 3.06. The molecule has 0 spiro atoms. The number of rotatable bonds is 0. The van der Waals surface area contributed by atoms with E-state index in [2.05, 4.69) is 11.5 Å². The van der Waals surface area contributed by atoms with E-state index in [1.165, 1.54) is 0 Å². The molecule has 1 saturated heterocycles. The molecule has 0 aromatic heterocycles. The van der Waals surface area contributed by atoms with Crippen LogP contribution in [0.4, 0.5) is 13.2 Å². The van der Waals surface area contributed by atoms with E-state index >= 15 is 0 Å². The standard InChI is InChI=1S/C11H16F3NO2Si/c1-15-8(11(12,13)14)7-10(17,9(15)16)5-6-18(2,3)4/h8,17H,7H2,1-4H3. The second-order valence-corrected chi connectivity index (χ2v) is 10.3. The van der Waals surface area contributed by atoms with Gasteiger partial charge in [0, 0.05) is 13.5 Å². The van der Waals surface area contributed by atoms with Gasteiger partial charge in [-0.2, -0.15) is 13.2 Å². The highest BCUT2D eigenvalue weighted by Gasteiger charge is 2.58. The van der Waals surface area contributed by atoms with Crippen molar-refractivity contribution in [3.8, 4) is 11.5 Å². The third-order valence-corrected chi connectivity index (χ3v) is 3.53. The number of nitrogens with zero attached hydrogens (tertiary/aromatic N) is 1. The summed E-state index contributed by atoms with van der Waals surface area (Å²) < 4.78 is 38.0. The molecular weight excluding hydrogens is 263 g/mol. The number of carbonyl (C=O) groups excluding carboxylic acids is 1. The topological polar surface area (TPSA) is 40.5 Å². The Bertz CT molecular complexity index is 419. The lowest BCUT2D eigenvalue weighted by molar-refractivity contribution is -0.177. The second kappa shape index (κ2) is 4.28. The average Bonchev–Trinajstić information content (AvgIpc) is 2.39. The van der Waals surface area contributed by atoms with Crippen molar-refractivity contribution in [1.29, 1.82) is 0 Å². The Balaban J connectivity index is 3.06. The summed E-state index contributed by atoms with van der Waals surface area (Å²) in [6.07, 6.45) is -5.26. The minimum absolute atomic E-state index is 0.527. The van der Waals surface area contributed by atoms with Gasteiger partial charge in [0.05, 0.1) is 0 Å². The predicted octanol–water partition coefficient (Wildman–Crippen LogP) is 1.39. The molecule has 1 rings (SSSR count). The van der Waals surface area contributed by atoms with Gasteiger partial charge in [-0.3, -0.25) is 4.79 Å². The van der Waals surface area contributed by atoms with Crippen LogP contribution >= 0.6 is 0 Å². The average molecular weight is 279 g/mol. The zero-order valence-electron chi connectivity index (χ0n) is 10.7. The molecule has 0 bridgehead atoms. The minimum Gasteiger partial charge on any atom is -0.369 e. The highest BCUT2D eigenvalue weighted by Crippen LogP contribution is 2.37. The van der Waals surface area contributed by atoms with Crippen LogP contribution in [0, 0.1) is 11.5 Å².